The summed E-state index contributed by atoms with van der Waals surface area (Å²) in [5.41, 5.74) is 1.85. The van der Waals surface area contributed by atoms with Crippen LogP contribution in [-0.2, 0) is 10.0 Å². The molecule has 1 rings (SSSR count). The maximum Gasteiger partial charge on any atom is 0.240 e. The first-order valence-electron chi connectivity index (χ1n) is 5.82. The van der Waals surface area contributed by atoms with E-state index in [1.165, 1.54) is 0 Å². The first kappa shape index (κ1) is 14.7. The predicted octanol–water partition coefficient (Wildman–Crippen LogP) is 2.80. The molecular formula is C14H19NO2S. The molecule has 0 bridgehead atoms. The van der Waals surface area contributed by atoms with Crippen LogP contribution in [0.15, 0.2) is 54.0 Å². The van der Waals surface area contributed by atoms with Gasteiger partial charge in [-0.25, -0.2) is 13.1 Å². The molecule has 0 radical (unpaired) electrons. The minimum absolute atomic E-state index is 0.310. The van der Waals surface area contributed by atoms with Gasteiger partial charge in [-0.1, -0.05) is 36.9 Å². The first-order chi connectivity index (χ1) is 8.45. The van der Waals surface area contributed by atoms with Crippen molar-refractivity contribution in [2.45, 2.75) is 24.7 Å². The van der Waals surface area contributed by atoms with Crippen molar-refractivity contribution in [3.63, 3.8) is 0 Å². The SMILES string of the molecule is C=CC(=C)CCCNS(=O)(=O)c1cccc(C)c1. The molecule has 0 saturated heterocycles. The standard InChI is InChI=1S/C14H19NO2S/c1-4-12(2)8-6-10-15-18(16,17)14-9-5-7-13(3)11-14/h4-5,7,9,11,15H,1-2,6,8,10H2,3H3. The summed E-state index contributed by atoms with van der Waals surface area (Å²) in [5, 5.41) is 0. The van der Waals surface area contributed by atoms with E-state index in [2.05, 4.69) is 17.9 Å². The van der Waals surface area contributed by atoms with Crippen LogP contribution in [0.3, 0.4) is 0 Å². The molecule has 0 spiro atoms. The van der Waals surface area contributed by atoms with Gasteiger partial charge in [-0.15, -0.1) is 0 Å². The van der Waals surface area contributed by atoms with Crippen molar-refractivity contribution in [2.75, 3.05) is 6.54 Å². The third-order valence-electron chi connectivity index (χ3n) is 2.56. The van der Waals surface area contributed by atoms with Gasteiger partial charge in [0, 0.05) is 6.54 Å². The van der Waals surface area contributed by atoms with Gasteiger partial charge in [-0.3, -0.25) is 0 Å². The second kappa shape index (κ2) is 6.52. The van der Waals surface area contributed by atoms with Crippen molar-refractivity contribution in [2.24, 2.45) is 0 Å². The quantitative estimate of drug-likeness (QED) is 0.608. The molecule has 3 nitrogen and oxygen atoms in total. The zero-order valence-corrected chi connectivity index (χ0v) is 11.5. The van der Waals surface area contributed by atoms with Crippen molar-refractivity contribution in [3.05, 3.63) is 54.6 Å². The fourth-order valence-electron chi connectivity index (χ4n) is 1.49. The average Bonchev–Trinajstić information content (AvgIpc) is 2.34. The Morgan fingerprint density at radius 1 is 1.44 bits per heavy atom. The number of hydrogen-bond acceptors (Lipinski definition) is 2. The molecule has 0 saturated carbocycles. The van der Waals surface area contributed by atoms with E-state index in [9.17, 15) is 8.42 Å². The van der Waals surface area contributed by atoms with Crippen molar-refractivity contribution in [1.29, 1.82) is 0 Å². The molecular weight excluding hydrogens is 246 g/mol. The Balaban J connectivity index is 2.55. The molecule has 0 atom stereocenters. The molecule has 1 aromatic rings. The molecule has 98 valence electrons. The largest absolute Gasteiger partial charge is 0.240 e. The molecule has 0 heterocycles. The zero-order chi connectivity index (χ0) is 13.6. The van der Waals surface area contributed by atoms with E-state index in [0.717, 1.165) is 24.0 Å². The first-order valence-corrected chi connectivity index (χ1v) is 7.30. The number of allylic oxidation sites excluding steroid dienone is 2. The molecule has 1 N–H and O–H groups in total. The third-order valence-corrected chi connectivity index (χ3v) is 4.01. The average molecular weight is 265 g/mol. The fraction of sp³-hybridized carbons (Fsp3) is 0.286. The van der Waals surface area contributed by atoms with Crippen molar-refractivity contribution in [1.82, 2.24) is 4.72 Å². The Morgan fingerprint density at radius 2 is 2.17 bits per heavy atom. The maximum absolute atomic E-state index is 11.9. The summed E-state index contributed by atoms with van der Waals surface area (Å²) in [5.74, 6) is 0. The molecule has 0 aliphatic heterocycles. The Kier molecular flexibility index (Phi) is 5.31. The van der Waals surface area contributed by atoms with Crippen LogP contribution in [0.25, 0.3) is 0 Å². The third kappa shape index (κ3) is 4.47. The Morgan fingerprint density at radius 3 is 2.78 bits per heavy atom. The van der Waals surface area contributed by atoms with Crippen molar-refractivity contribution >= 4 is 10.0 Å². The van der Waals surface area contributed by atoms with Gasteiger partial charge in [0.2, 0.25) is 10.0 Å². The highest BCUT2D eigenvalue weighted by molar-refractivity contribution is 7.89. The molecule has 0 fully saturated rings. The summed E-state index contributed by atoms with van der Waals surface area (Å²) in [6.45, 7) is 9.66. The molecule has 18 heavy (non-hydrogen) atoms. The fourth-order valence-corrected chi connectivity index (χ4v) is 2.67. The predicted molar refractivity (Wildman–Crippen MR) is 74.9 cm³/mol. The van der Waals surface area contributed by atoms with Crippen LogP contribution < -0.4 is 4.72 Å². The van der Waals surface area contributed by atoms with E-state index in [4.69, 9.17) is 0 Å². The van der Waals surface area contributed by atoms with Crippen LogP contribution >= 0.6 is 0 Å². The molecule has 0 unspecified atom stereocenters. The minimum Gasteiger partial charge on any atom is -0.211 e. The smallest absolute Gasteiger partial charge is 0.211 e. The van der Waals surface area contributed by atoms with Crippen LogP contribution in [0.2, 0.25) is 0 Å². The van der Waals surface area contributed by atoms with E-state index in [-0.39, 0.29) is 0 Å². The van der Waals surface area contributed by atoms with Gasteiger partial charge < -0.3 is 0 Å². The number of sulfonamides is 1. The molecule has 1 aromatic carbocycles. The zero-order valence-electron chi connectivity index (χ0n) is 10.6. The summed E-state index contributed by atoms with van der Waals surface area (Å²) in [4.78, 5) is 0.310. The maximum atomic E-state index is 11.9. The van der Waals surface area contributed by atoms with Crippen LogP contribution in [0.4, 0.5) is 0 Å². The Labute approximate surface area is 109 Å². The lowest BCUT2D eigenvalue weighted by Gasteiger charge is -2.07. The van der Waals surface area contributed by atoms with Crippen LogP contribution in [0.1, 0.15) is 18.4 Å². The second-order valence-corrected chi connectivity index (χ2v) is 5.95. The summed E-state index contributed by atoms with van der Waals surface area (Å²) in [6, 6.07) is 6.86. The number of rotatable bonds is 7. The van der Waals surface area contributed by atoms with Crippen molar-refractivity contribution in [3.8, 4) is 0 Å². The van der Waals surface area contributed by atoms with Gasteiger partial charge in [-0.2, -0.15) is 0 Å². The molecule has 0 amide bonds. The number of hydrogen-bond donors (Lipinski definition) is 1. The topological polar surface area (TPSA) is 46.2 Å². The minimum atomic E-state index is -3.39. The highest BCUT2D eigenvalue weighted by Gasteiger charge is 2.12. The lowest BCUT2D eigenvalue weighted by Crippen LogP contribution is -2.24. The number of aryl methyl sites for hydroxylation is 1. The van der Waals surface area contributed by atoms with E-state index in [0.29, 0.717) is 11.4 Å². The van der Waals surface area contributed by atoms with Crippen LogP contribution in [-0.4, -0.2) is 15.0 Å². The monoisotopic (exact) mass is 265 g/mol. The highest BCUT2D eigenvalue weighted by atomic mass is 32.2. The second-order valence-electron chi connectivity index (χ2n) is 4.18. The molecule has 0 aromatic heterocycles. The van der Waals surface area contributed by atoms with E-state index < -0.39 is 10.0 Å². The molecule has 0 aliphatic carbocycles. The Bertz CT molecular complexity index is 532. The van der Waals surface area contributed by atoms with Gasteiger partial charge in [0.25, 0.3) is 0 Å². The van der Waals surface area contributed by atoms with Gasteiger partial charge in [0.15, 0.2) is 0 Å². The number of benzene rings is 1. The lowest BCUT2D eigenvalue weighted by atomic mass is 10.2. The van der Waals surface area contributed by atoms with E-state index >= 15 is 0 Å². The van der Waals surface area contributed by atoms with Crippen LogP contribution in [0, 0.1) is 6.92 Å². The van der Waals surface area contributed by atoms with Gasteiger partial charge in [0.1, 0.15) is 0 Å². The normalized spacial score (nSPS) is 11.2. The van der Waals surface area contributed by atoms with Crippen LogP contribution in [0.5, 0.6) is 0 Å². The van der Waals surface area contributed by atoms with Gasteiger partial charge >= 0.3 is 0 Å². The summed E-state index contributed by atoms with van der Waals surface area (Å²) in [7, 11) is -3.39. The van der Waals surface area contributed by atoms with E-state index in [1.807, 2.05) is 13.0 Å². The van der Waals surface area contributed by atoms with Gasteiger partial charge in [-0.05, 0) is 37.5 Å². The number of nitrogens with one attached hydrogen (secondary N) is 1. The highest BCUT2D eigenvalue weighted by Crippen LogP contribution is 2.11. The van der Waals surface area contributed by atoms with Gasteiger partial charge in [0.05, 0.1) is 4.90 Å². The molecule has 0 aliphatic rings. The Hall–Kier alpha value is -1.39. The summed E-state index contributed by atoms with van der Waals surface area (Å²) < 4.78 is 26.5. The summed E-state index contributed by atoms with van der Waals surface area (Å²) in [6.07, 6.45) is 3.16. The van der Waals surface area contributed by atoms with Crippen molar-refractivity contribution < 1.29 is 8.42 Å². The van der Waals surface area contributed by atoms with E-state index in [1.54, 1.807) is 24.3 Å². The lowest BCUT2D eigenvalue weighted by molar-refractivity contribution is 0.579. The summed E-state index contributed by atoms with van der Waals surface area (Å²) >= 11 is 0. The molecule has 4 heteroatoms.